The van der Waals surface area contributed by atoms with Crippen LogP contribution >= 0.6 is 23.4 Å². The molecule has 1 aliphatic heterocycles. The van der Waals surface area contributed by atoms with E-state index in [2.05, 4.69) is 11.1 Å². The van der Waals surface area contributed by atoms with Crippen molar-refractivity contribution in [2.45, 2.75) is 4.90 Å². The zero-order valence-electron chi connectivity index (χ0n) is 8.57. The maximum Gasteiger partial charge on any atom is 0.145 e. The van der Waals surface area contributed by atoms with Crippen molar-refractivity contribution in [3.05, 3.63) is 35.4 Å². The van der Waals surface area contributed by atoms with Crippen LogP contribution in [0.4, 0.5) is 5.69 Å². The highest BCUT2D eigenvalue weighted by Gasteiger charge is 2.15. The highest BCUT2D eigenvalue weighted by Crippen LogP contribution is 2.40. The normalized spacial score (nSPS) is 17.3. The van der Waals surface area contributed by atoms with Crippen molar-refractivity contribution < 1.29 is 0 Å². The lowest BCUT2D eigenvalue weighted by Crippen LogP contribution is -2.06. The lowest BCUT2D eigenvalue weighted by atomic mass is 10.3. The lowest BCUT2D eigenvalue weighted by molar-refractivity contribution is 0.563. The summed E-state index contributed by atoms with van der Waals surface area (Å²) in [7, 11) is 3.94. The summed E-state index contributed by atoms with van der Waals surface area (Å²) in [6.45, 7) is 0. The minimum atomic E-state index is 0.562. The van der Waals surface area contributed by atoms with Gasteiger partial charge in [-0.05, 0) is 12.1 Å². The van der Waals surface area contributed by atoms with Crippen LogP contribution in [0.25, 0.3) is 0 Å². The number of rotatable bonds is 1. The fourth-order valence-corrected chi connectivity index (χ4v) is 2.52. The number of nitrogens with zero attached hydrogens (tertiary/aromatic N) is 2. The molecule has 0 bridgehead atoms. The molecule has 0 amide bonds. The van der Waals surface area contributed by atoms with Crippen LogP contribution in [-0.2, 0) is 0 Å². The summed E-state index contributed by atoms with van der Waals surface area (Å²) in [5, 5.41) is 0.562. The molecule has 2 nitrogen and oxygen atoms in total. The van der Waals surface area contributed by atoms with E-state index in [1.807, 2.05) is 43.4 Å². The number of halogens is 1. The Morgan fingerprint density at radius 1 is 1.33 bits per heavy atom. The van der Waals surface area contributed by atoms with Gasteiger partial charge in [0.1, 0.15) is 5.17 Å². The Bertz CT molecular complexity index is 438. The number of para-hydroxylation sites is 1. The van der Waals surface area contributed by atoms with Gasteiger partial charge in [-0.3, -0.25) is 0 Å². The van der Waals surface area contributed by atoms with E-state index >= 15 is 0 Å². The van der Waals surface area contributed by atoms with Gasteiger partial charge in [-0.15, -0.1) is 0 Å². The van der Waals surface area contributed by atoms with Gasteiger partial charge in [-0.25, -0.2) is 4.99 Å². The minimum absolute atomic E-state index is 0.562. The third-order valence-corrected chi connectivity index (χ3v) is 3.37. The van der Waals surface area contributed by atoms with Gasteiger partial charge in [0.15, 0.2) is 0 Å². The summed E-state index contributed by atoms with van der Waals surface area (Å²) in [5.41, 5.74) is 0.948. The van der Waals surface area contributed by atoms with E-state index in [1.165, 1.54) is 0 Å². The van der Waals surface area contributed by atoms with Crippen LogP contribution in [-0.4, -0.2) is 24.2 Å². The Morgan fingerprint density at radius 3 is 2.80 bits per heavy atom. The maximum absolute atomic E-state index is 6.09. The first-order valence-electron chi connectivity index (χ1n) is 4.56. The van der Waals surface area contributed by atoms with E-state index in [4.69, 9.17) is 11.6 Å². The standard InChI is InChI=1S/C11H11ClN2S/c1-14(2)7-10-11(12)13-8-5-3-4-6-9(8)15-10/h3-7H,1-2H3/b10-7-. The number of hydrogen-bond donors (Lipinski definition) is 0. The number of benzene rings is 1. The van der Waals surface area contributed by atoms with Crippen molar-refractivity contribution >= 4 is 34.2 Å². The van der Waals surface area contributed by atoms with Crippen LogP contribution in [0.15, 0.2) is 45.3 Å². The van der Waals surface area contributed by atoms with Crippen LogP contribution in [0.2, 0.25) is 0 Å². The average molecular weight is 239 g/mol. The van der Waals surface area contributed by atoms with Gasteiger partial charge in [0, 0.05) is 25.2 Å². The predicted octanol–water partition coefficient (Wildman–Crippen LogP) is 3.46. The molecular weight excluding hydrogens is 228 g/mol. The number of allylic oxidation sites excluding steroid dienone is 1. The zero-order valence-corrected chi connectivity index (χ0v) is 10.1. The molecule has 0 atom stereocenters. The van der Waals surface area contributed by atoms with Crippen LogP contribution in [0, 0.1) is 0 Å². The smallest absolute Gasteiger partial charge is 0.145 e. The third-order valence-electron chi connectivity index (χ3n) is 1.88. The van der Waals surface area contributed by atoms with E-state index in [1.54, 1.807) is 11.8 Å². The monoisotopic (exact) mass is 238 g/mol. The first-order chi connectivity index (χ1) is 7.16. The third kappa shape index (κ3) is 2.36. The summed E-state index contributed by atoms with van der Waals surface area (Å²) >= 11 is 7.74. The summed E-state index contributed by atoms with van der Waals surface area (Å²) in [4.78, 5) is 8.45. The summed E-state index contributed by atoms with van der Waals surface area (Å²) in [6, 6.07) is 8.00. The molecule has 1 aromatic carbocycles. The Labute approximate surface area is 98.6 Å². The quantitative estimate of drug-likeness (QED) is 0.745. The van der Waals surface area contributed by atoms with Crippen molar-refractivity contribution in [3.63, 3.8) is 0 Å². The fourth-order valence-electron chi connectivity index (χ4n) is 1.27. The fraction of sp³-hybridized carbons (Fsp3) is 0.182. The molecule has 0 spiro atoms. The number of aliphatic imine (C=N–C) groups is 1. The van der Waals surface area contributed by atoms with Crippen LogP contribution < -0.4 is 0 Å². The van der Waals surface area contributed by atoms with Crippen LogP contribution in [0.5, 0.6) is 0 Å². The van der Waals surface area contributed by atoms with Crippen molar-refractivity contribution in [3.8, 4) is 0 Å². The lowest BCUT2D eigenvalue weighted by Gasteiger charge is -2.16. The molecule has 1 aliphatic rings. The van der Waals surface area contributed by atoms with E-state index in [-0.39, 0.29) is 0 Å². The van der Waals surface area contributed by atoms with E-state index in [9.17, 15) is 0 Å². The Morgan fingerprint density at radius 2 is 2.07 bits per heavy atom. The van der Waals surface area contributed by atoms with Crippen molar-refractivity contribution in [1.82, 2.24) is 4.90 Å². The molecule has 0 N–H and O–H groups in total. The first-order valence-corrected chi connectivity index (χ1v) is 5.76. The largest absolute Gasteiger partial charge is 0.382 e. The maximum atomic E-state index is 6.09. The molecule has 0 radical (unpaired) electrons. The second-order valence-corrected chi connectivity index (χ2v) is 4.87. The highest BCUT2D eigenvalue weighted by molar-refractivity contribution is 8.04. The highest BCUT2D eigenvalue weighted by atomic mass is 35.5. The average Bonchev–Trinajstić information content (AvgIpc) is 2.18. The molecule has 1 aromatic rings. The summed E-state index contributed by atoms with van der Waals surface area (Å²) < 4.78 is 0. The predicted molar refractivity (Wildman–Crippen MR) is 67.0 cm³/mol. The van der Waals surface area contributed by atoms with E-state index < -0.39 is 0 Å². The Kier molecular flexibility index (Phi) is 3.03. The molecule has 78 valence electrons. The molecule has 15 heavy (non-hydrogen) atoms. The summed E-state index contributed by atoms with van der Waals surface area (Å²) in [5.74, 6) is 0. The van der Waals surface area contributed by atoms with Crippen LogP contribution in [0.3, 0.4) is 0 Å². The number of thioether (sulfide) groups is 1. The van der Waals surface area contributed by atoms with Gasteiger partial charge < -0.3 is 4.90 Å². The van der Waals surface area contributed by atoms with Gasteiger partial charge in [-0.1, -0.05) is 35.5 Å². The minimum Gasteiger partial charge on any atom is -0.382 e. The van der Waals surface area contributed by atoms with Crippen LogP contribution in [0.1, 0.15) is 0 Å². The summed E-state index contributed by atoms with van der Waals surface area (Å²) in [6.07, 6.45) is 1.98. The van der Waals surface area contributed by atoms with Gasteiger partial charge in [0.05, 0.1) is 10.6 Å². The number of hydrogen-bond acceptors (Lipinski definition) is 3. The van der Waals surface area contributed by atoms with E-state index in [0.29, 0.717) is 5.17 Å². The molecular formula is C11H11ClN2S. The molecule has 1 heterocycles. The Balaban J connectivity index is 2.40. The SMILES string of the molecule is CN(C)/C=C1\Sc2ccccc2N=C1Cl. The number of fused-ring (bicyclic) bond motifs is 1. The molecule has 0 fully saturated rings. The van der Waals surface area contributed by atoms with E-state index in [0.717, 1.165) is 15.5 Å². The molecule has 4 heteroatoms. The molecule has 0 unspecified atom stereocenters. The molecule has 0 aliphatic carbocycles. The molecule has 0 saturated heterocycles. The van der Waals surface area contributed by atoms with Gasteiger partial charge >= 0.3 is 0 Å². The van der Waals surface area contributed by atoms with Gasteiger partial charge in [0.25, 0.3) is 0 Å². The Hall–Kier alpha value is -0.930. The zero-order chi connectivity index (χ0) is 10.8. The second kappa shape index (κ2) is 4.29. The van der Waals surface area contributed by atoms with Gasteiger partial charge in [0.2, 0.25) is 0 Å². The van der Waals surface area contributed by atoms with Gasteiger partial charge in [-0.2, -0.15) is 0 Å². The van der Waals surface area contributed by atoms with Crippen molar-refractivity contribution in [1.29, 1.82) is 0 Å². The molecule has 2 rings (SSSR count). The molecule has 0 aromatic heterocycles. The molecule has 0 saturated carbocycles. The van der Waals surface area contributed by atoms with Crippen molar-refractivity contribution in [2.24, 2.45) is 4.99 Å². The first kappa shape index (κ1) is 10.6. The second-order valence-electron chi connectivity index (χ2n) is 3.43. The topological polar surface area (TPSA) is 15.6 Å². The van der Waals surface area contributed by atoms with Crippen molar-refractivity contribution in [2.75, 3.05) is 14.1 Å².